The highest BCUT2D eigenvalue weighted by atomic mass is 35.5. The zero-order valence-electron chi connectivity index (χ0n) is 21.3. The van der Waals surface area contributed by atoms with Crippen molar-refractivity contribution in [3.63, 3.8) is 0 Å². The van der Waals surface area contributed by atoms with Crippen LogP contribution < -0.4 is 0 Å². The Morgan fingerprint density at radius 2 is 1.69 bits per heavy atom. The van der Waals surface area contributed by atoms with Gasteiger partial charge in [-0.15, -0.1) is 0 Å². The second kappa shape index (κ2) is 13.7. The molecule has 39 heavy (non-hydrogen) atoms. The van der Waals surface area contributed by atoms with Gasteiger partial charge in [-0.2, -0.15) is 13.2 Å². The summed E-state index contributed by atoms with van der Waals surface area (Å²) in [5.74, 6) is -1.75. The lowest BCUT2D eigenvalue weighted by molar-refractivity contribution is -0.140. The molecular formula is C27H29Cl2F4N3O3. The Morgan fingerprint density at radius 1 is 1.03 bits per heavy atom. The largest absolute Gasteiger partial charge is 0.419 e. The third-order valence-corrected chi connectivity index (χ3v) is 7.57. The van der Waals surface area contributed by atoms with E-state index in [0.29, 0.717) is 41.8 Å². The number of aldehydes is 2. The van der Waals surface area contributed by atoms with E-state index in [1.54, 1.807) is 29.0 Å². The van der Waals surface area contributed by atoms with Crippen molar-refractivity contribution in [1.82, 2.24) is 14.7 Å². The van der Waals surface area contributed by atoms with Crippen LogP contribution in [0.15, 0.2) is 36.4 Å². The van der Waals surface area contributed by atoms with Gasteiger partial charge in [0, 0.05) is 57.5 Å². The Balaban J connectivity index is 1.82. The maximum Gasteiger partial charge on any atom is 0.419 e. The molecule has 1 aliphatic heterocycles. The summed E-state index contributed by atoms with van der Waals surface area (Å²) in [6.07, 6.45) is -2.82. The third-order valence-electron chi connectivity index (χ3n) is 6.84. The number of carbonyl (C=O) groups is 3. The van der Waals surface area contributed by atoms with Gasteiger partial charge in [0.25, 0.3) is 0 Å². The molecular weight excluding hydrogens is 561 g/mol. The molecule has 1 aliphatic rings. The first kappa shape index (κ1) is 31.0. The summed E-state index contributed by atoms with van der Waals surface area (Å²) in [6.45, 7) is 1.49. The van der Waals surface area contributed by atoms with Crippen molar-refractivity contribution in [1.29, 1.82) is 0 Å². The molecule has 0 bridgehead atoms. The fraction of sp³-hybridized carbons (Fsp3) is 0.444. The van der Waals surface area contributed by atoms with Crippen molar-refractivity contribution >= 4 is 41.7 Å². The van der Waals surface area contributed by atoms with Crippen molar-refractivity contribution in [3.8, 4) is 0 Å². The summed E-state index contributed by atoms with van der Waals surface area (Å²) >= 11 is 12.4. The van der Waals surface area contributed by atoms with Crippen LogP contribution in [0.5, 0.6) is 0 Å². The standard InChI is InChI=1S/C27H29Cl2F4N3O3/c1-34(14-18-4-6-21(24(30)12-18)27(31,32)33)25-16-36(15-20(25)19-5-7-22(28)23(29)13-19)26(39)17-35(8-2-10-37)9-3-11-38/h4-7,10-13,20,25H,2-3,8-9,14-17H2,1H3/t20-,25+/m1/s1. The summed E-state index contributed by atoms with van der Waals surface area (Å²) < 4.78 is 53.2. The number of hydrogen-bond acceptors (Lipinski definition) is 5. The van der Waals surface area contributed by atoms with Crippen LogP contribution in [0.3, 0.4) is 0 Å². The molecule has 0 saturated carbocycles. The van der Waals surface area contributed by atoms with Gasteiger partial charge in [0.05, 0.1) is 22.2 Å². The van der Waals surface area contributed by atoms with E-state index in [0.717, 1.165) is 30.3 Å². The number of nitrogens with zero attached hydrogens (tertiary/aromatic N) is 3. The molecule has 1 heterocycles. The first-order valence-electron chi connectivity index (χ1n) is 12.3. The average Bonchev–Trinajstić information content (AvgIpc) is 3.32. The Labute approximate surface area is 234 Å². The Kier molecular flexibility index (Phi) is 10.9. The highest BCUT2D eigenvalue weighted by Gasteiger charge is 2.39. The van der Waals surface area contributed by atoms with Crippen LogP contribution in [0.25, 0.3) is 0 Å². The van der Waals surface area contributed by atoms with Gasteiger partial charge >= 0.3 is 6.18 Å². The highest BCUT2D eigenvalue weighted by molar-refractivity contribution is 6.42. The smallest absolute Gasteiger partial charge is 0.339 e. The molecule has 2 aromatic rings. The van der Waals surface area contributed by atoms with E-state index in [4.69, 9.17) is 23.2 Å². The molecule has 0 spiro atoms. The summed E-state index contributed by atoms with van der Waals surface area (Å²) in [5.41, 5.74) is -0.141. The van der Waals surface area contributed by atoms with Gasteiger partial charge in [-0.1, -0.05) is 35.3 Å². The normalized spacial score (nSPS) is 17.7. The lowest BCUT2D eigenvalue weighted by Gasteiger charge is -2.29. The fourth-order valence-corrected chi connectivity index (χ4v) is 5.14. The highest BCUT2D eigenvalue weighted by Crippen LogP contribution is 2.36. The van der Waals surface area contributed by atoms with Crippen LogP contribution in [0, 0.1) is 5.82 Å². The zero-order chi connectivity index (χ0) is 28.7. The van der Waals surface area contributed by atoms with Crippen LogP contribution in [0.4, 0.5) is 17.6 Å². The molecule has 1 fully saturated rings. The van der Waals surface area contributed by atoms with Crippen molar-refractivity contribution in [3.05, 3.63) is 69.0 Å². The van der Waals surface area contributed by atoms with Gasteiger partial charge in [0.15, 0.2) is 0 Å². The number of likely N-dealkylation sites (tertiary alicyclic amines) is 1. The second-order valence-electron chi connectivity index (χ2n) is 9.56. The number of halogens is 6. The third kappa shape index (κ3) is 8.23. The van der Waals surface area contributed by atoms with Crippen LogP contribution >= 0.6 is 23.2 Å². The number of amides is 1. The maximum atomic E-state index is 14.2. The van der Waals surface area contributed by atoms with Gasteiger partial charge in [0.2, 0.25) is 5.91 Å². The van der Waals surface area contributed by atoms with Crippen molar-refractivity contribution in [2.45, 2.75) is 37.5 Å². The average molecular weight is 590 g/mol. The minimum absolute atomic E-state index is 0.0241. The second-order valence-corrected chi connectivity index (χ2v) is 10.4. The Morgan fingerprint density at radius 3 is 2.26 bits per heavy atom. The van der Waals surface area contributed by atoms with Crippen LogP contribution in [0.2, 0.25) is 10.0 Å². The monoisotopic (exact) mass is 589 g/mol. The zero-order valence-corrected chi connectivity index (χ0v) is 22.8. The first-order chi connectivity index (χ1) is 18.4. The number of likely N-dealkylation sites (N-methyl/N-ethyl adjacent to an activating group) is 1. The molecule has 0 aliphatic carbocycles. The maximum absolute atomic E-state index is 14.2. The van der Waals surface area contributed by atoms with E-state index >= 15 is 0 Å². The Hall–Kier alpha value is -2.53. The minimum atomic E-state index is -4.79. The van der Waals surface area contributed by atoms with E-state index < -0.39 is 17.6 Å². The Bertz CT molecular complexity index is 1170. The van der Waals surface area contributed by atoms with Gasteiger partial charge in [0.1, 0.15) is 18.4 Å². The molecule has 2 aromatic carbocycles. The predicted octanol–water partition coefficient (Wildman–Crippen LogP) is 5.06. The molecule has 0 aromatic heterocycles. The molecule has 1 amide bonds. The van der Waals surface area contributed by atoms with Crippen molar-refractivity contribution in [2.24, 2.45) is 0 Å². The summed E-state index contributed by atoms with van der Waals surface area (Å²) in [6, 6.07) is 7.78. The quantitative estimate of drug-likeness (QED) is 0.256. The van der Waals surface area contributed by atoms with E-state index in [2.05, 4.69) is 0 Å². The van der Waals surface area contributed by atoms with Gasteiger partial charge in [-0.25, -0.2) is 4.39 Å². The van der Waals surface area contributed by atoms with Crippen molar-refractivity contribution < 1.29 is 31.9 Å². The summed E-state index contributed by atoms with van der Waals surface area (Å²) in [5, 5.41) is 0.719. The summed E-state index contributed by atoms with van der Waals surface area (Å²) in [4.78, 5) is 40.2. The van der Waals surface area contributed by atoms with E-state index in [1.165, 1.54) is 6.07 Å². The minimum Gasteiger partial charge on any atom is -0.339 e. The van der Waals surface area contributed by atoms with Crippen molar-refractivity contribution in [2.75, 3.05) is 39.8 Å². The fourth-order valence-electron chi connectivity index (χ4n) is 4.83. The van der Waals surface area contributed by atoms with Crippen LogP contribution in [-0.4, -0.2) is 79.0 Å². The summed E-state index contributed by atoms with van der Waals surface area (Å²) in [7, 11) is 1.76. The lowest BCUT2D eigenvalue weighted by atomic mass is 9.93. The predicted molar refractivity (Wildman–Crippen MR) is 140 cm³/mol. The van der Waals surface area contributed by atoms with E-state index in [-0.39, 0.29) is 43.8 Å². The molecule has 6 nitrogen and oxygen atoms in total. The molecule has 212 valence electrons. The van der Waals surface area contributed by atoms with Crippen LogP contribution in [-0.2, 0) is 27.1 Å². The lowest BCUT2D eigenvalue weighted by Crippen LogP contribution is -2.42. The molecule has 1 saturated heterocycles. The number of benzene rings is 2. The number of carbonyl (C=O) groups excluding carboxylic acids is 3. The van der Waals surface area contributed by atoms with E-state index in [9.17, 15) is 31.9 Å². The molecule has 0 radical (unpaired) electrons. The van der Waals surface area contributed by atoms with E-state index in [1.807, 2.05) is 11.0 Å². The molecule has 3 rings (SSSR count). The molecule has 0 unspecified atom stereocenters. The molecule has 2 atom stereocenters. The van der Waals surface area contributed by atoms with Gasteiger partial charge < -0.3 is 14.5 Å². The number of alkyl halides is 3. The first-order valence-corrected chi connectivity index (χ1v) is 13.1. The van der Waals surface area contributed by atoms with Crippen LogP contribution in [0.1, 0.15) is 35.4 Å². The topological polar surface area (TPSA) is 60.9 Å². The van der Waals surface area contributed by atoms with Gasteiger partial charge in [-0.3, -0.25) is 14.6 Å². The molecule has 12 heteroatoms. The van der Waals surface area contributed by atoms with Gasteiger partial charge in [-0.05, 0) is 42.4 Å². The number of rotatable bonds is 12. The molecule has 0 N–H and O–H groups in total. The number of hydrogen-bond donors (Lipinski definition) is 0. The SMILES string of the molecule is CN(Cc1ccc(C(F)(F)F)c(F)c1)[C@H]1CN(C(=O)CN(CCC=O)CCC=O)C[C@@H]1c1ccc(Cl)c(Cl)c1.